The van der Waals surface area contributed by atoms with Gasteiger partial charge < -0.3 is 10.2 Å². The standard InChI is InChI=1S/C20H26N8/c1-3-22-20(27-9-8-17(13-27)18-11-24-26(2)12-18)23-10-16-4-6-19(7-5-16)28-15-21-14-25-28/h4-7,11-12,14-15,17H,3,8-10,13H2,1-2H3,(H,22,23). The molecule has 3 aromatic rings. The van der Waals surface area contributed by atoms with E-state index in [9.17, 15) is 0 Å². The number of aromatic nitrogens is 5. The first-order valence-corrected chi connectivity index (χ1v) is 9.68. The monoisotopic (exact) mass is 378 g/mol. The van der Waals surface area contributed by atoms with E-state index in [0.29, 0.717) is 12.5 Å². The number of guanidine groups is 1. The molecule has 4 rings (SSSR count). The van der Waals surface area contributed by atoms with Crippen molar-refractivity contribution in [2.75, 3.05) is 19.6 Å². The van der Waals surface area contributed by atoms with Crippen LogP contribution in [0.2, 0.25) is 0 Å². The van der Waals surface area contributed by atoms with Crippen molar-refractivity contribution in [2.45, 2.75) is 25.8 Å². The van der Waals surface area contributed by atoms with Crippen LogP contribution in [-0.2, 0) is 13.6 Å². The third-order valence-corrected chi connectivity index (χ3v) is 5.05. The molecule has 1 N–H and O–H groups in total. The first kappa shape index (κ1) is 18.2. The van der Waals surface area contributed by atoms with E-state index in [-0.39, 0.29) is 0 Å². The van der Waals surface area contributed by atoms with Crippen LogP contribution >= 0.6 is 0 Å². The van der Waals surface area contributed by atoms with Crippen molar-refractivity contribution in [3.63, 3.8) is 0 Å². The molecule has 2 aromatic heterocycles. The third-order valence-electron chi connectivity index (χ3n) is 5.05. The van der Waals surface area contributed by atoms with Gasteiger partial charge in [-0.25, -0.2) is 14.7 Å². The fourth-order valence-corrected chi connectivity index (χ4v) is 3.56. The van der Waals surface area contributed by atoms with Gasteiger partial charge in [0.1, 0.15) is 12.7 Å². The van der Waals surface area contributed by atoms with Crippen molar-refractivity contribution in [2.24, 2.45) is 12.0 Å². The summed E-state index contributed by atoms with van der Waals surface area (Å²) in [5.41, 5.74) is 3.47. The summed E-state index contributed by atoms with van der Waals surface area (Å²) >= 11 is 0. The van der Waals surface area contributed by atoms with Gasteiger partial charge in [0.2, 0.25) is 0 Å². The molecular weight excluding hydrogens is 352 g/mol. The number of aryl methyl sites for hydroxylation is 1. The zero-order chi connectivity index (χ0) is 19.3. The Balaban J connectivity index is 1.42. The normalized spacial score (nSPS) is 17.3. The van der Waals surface area contributed by atoms with Crippen LogP contribution in [0.25, 0.3) is 5.69 Å². The van der Waals surface area contributed by atoms with Crippen molar-refractivity contribution in [3.8, 4) is 5.69 Å². The highest BCUT2D eigenvalue weighted by atomic mass is 15.3. The maximum atomic E-state index is 4.87. The smallest absolute Gasteiger partial charge is 0.194 e. The van der Waals surface area contributed by atoms with Crippen molar-refractivity contribution >= 4 is 5.96 Å². The number of aliphatic imine (C=N–C) groups is 1. The maximum Gasteiger partial charge on any atom is 0.194 e. The predicted octanol–water partition coefficient (Wildman–Crippen LogP) is 1.96. The quantitative estimate of drug-likeness (QED) is 0.543. The lowest BCUT2D eigenvalue weighted by molar-refractivity contribution is 0.486. The molecule has 8 nitrogen and oxygen atoms in total. The fourth-order valence-electron chi connectivity index (χ4n) is 3.56. The maximum absolute atomic E-state index is 4.87. The van der Waals surface area contributed by atoms with Gasteiger partial charge in [0, 0.05) is 38.8 Å². The molecule has 1 aliphatic heterocycles. The second kappa shape index (κ2) is 8.24. The molecule has 146 valence electrons. The van der Waals surface area contributed by atoms with Crippen molar-refractivity contribution in [1.29, 1.82) is 0 Å². The van der Waals surface area contributed by atoms with Crippen LogP contribution in [0.4, 0.5) is 0 Å². The van der Waals surface area contributed by atoms with Crippen LogP contribution in [0.1, 0.15) is 30.4 Å². The molecule has 0 bridgehead atoms. The Morgan fingerprint density at radius 1 is 1.25 bits per heavy atom. The van der Waals surface area contributed by atoms with Crippen LogP contribution in [-0.4, -0.2) is 55.0 Å². The first-order chi connectivity index (χ1) is 13.7. The van der Waals surface area contributed by atoms with Gasteiger partial charge in [-0.05, 0) is 36.6 Å². The molecule has 0 radical (unpaired) electrons. The highest BCUT2D eigenvalue weighted by Gasteiger charge is 2.26. The largest absolute Gasteiger partial charge is 0.357 e. The molecule has 8 heteroatoms. The number of hydrogen-bond donors (Lipinski definition) is 1. The van der Waals surface area contributed by atoms with E-state index < -0.39 is 0 Å². The highest BCUT2D eigenvalue weighted by Crippen LogP contribution is 2.26. The molecule has 1 aromatic carbocycles. The minimum atomic E-state index is 0.513. The van der Waals surface area contributed by atoms with E-state index in [1.54, 1.807) is 11.0 Å². The van der Waals surface area contributed by atoms with Crippen LogP contribution in [0, 0.1) is 0 Å². The molecular formula is C20H26N8. The van der Waals surface area contributed by atoms with Crippen LogP contribution in [0.3, 0.4) is 0 Å². The first-order valence-electron chi connectivity index (χ1n) is 9.68. The lowest BCUT2D eigenvalue weighted by Gasteiger charge is -2.21. The van der Waals surface area contributed by atoms with Gasteiger partial charge in [0.05, 0.1) is 18.4 Å². The Hall–Kier alpha value is -3.16. The Morgan fingerprint density at radius 2 is 2.11 bits per heavy atom. The minimum absolute atomic E-state index is 0.513. The molecule has 0 saturated carbocycles. The van der Waals surface area contributed by atoms with E-state index in [2.05, 4.69) is 50.7 Å². The minimum Gasteiger partial charge on any atom is -0.357 e. The zero-order valence-electron chi connectivity index (χ0n) is 16.4. The second-order valence-electron chi connectivity index (χ2n) is 7.06. The molecule has 1 saturated heterocycles. The molecule has 1 fully saturated rings. The summed E-state index contributed by atoms with van der Waals surface area (Å²) in [6.45, 7) is 5.60. The van der Waals surface area contributed by atoms with E-state index in [1.807, 2.05) is 30.1 Å². The van der Waals surface area contributed by atoms with Gasteiger partial charge >= 0.3 is 0 Å². The van der Waals surface area contributed by atoms with E-state index in [1.165, 1.54) is 17.5 Å². The van der Waals surface area contributed by atoms with Gasteiger partial charge in [-0.1, -0.05) is 12.1 Å². The number of likely N-dealkylation sites (tertiary alicyclic amines) is 1. The molecule has 28 heavy (non-hydrogen) atoms. The van der Waals surface area contributed by atoms with Gasteiger partial charge in [0.25, 0.3) is 0 Å². The summed E-state index contributed by atoms with van der Waals surface area (Å²) < 4.78 is 3.63. The Bertz CT molecular complexity index is 910. The van der Waals surface area contributed by atoms with E-state index >= 15 is 0 Å². The number of rotatable bonds is 5. The number of benzene rings is 1. The predicted molar refractivity (Wildman–Crippen MR) is 108 cm³/mol. The van der Waals surface area contributed by atoms with E-state index in [0.717, 1.165) is 37.7 Å². The third kappa shape index (κ3) is 4.05. The number of nitrogens with zero attached hydrogens (tertiary/aromatic N) is 7. The average Bonchev–Trinajstić information content (AvgIpc) is 3.46. The van der Waals surface area contributed by atoms with Crippen molar-refractivity contribution in [3.05, 3.63) is 60.4 Å². The molecule has 1 atom stereocenters. The molecule has 1 unspecified atom stereocenters. The lowest BCUT2D eigenvalue weighted by Crippen LogP contribution is -2.40. The Labute approximate surface area is 164 Å². The number of hydrogen-bond acceptors (Lipinski definition) is 4. The number of nitrogens with one attached hydrogen (secondary N) is 1. The van der Waals surface area contributed by atoms with Crippen LogP contribution < -0.4 is 5.32 Å². The highest BCUT2D eigenvalue weighted by molar-refractivity contribution is 5.80. The van der Waals surface area contributed by atoms with Gasteiger partial charge in [-0.2, -0.15) is 10.2 Å². The molecule has 0 aliphatic carbocycles. The van der Waals surface area contributed by atoms with Gasteiger partial charge in [0.15, 0.2) is 5.96 Å². The van der Waals surface area contributed by atoms with Crippen molar-refractivity contribution < 1.29 is 0 Å². The Morgan fingerprint density at radius 3 is 2.79 bits per heavy atom. The summed E-state index contributed by atoms with van der Waals surface area (Å²) in [4.78, 5) is 11.2. The van der Waals surface area contributed by atoms with Gasteiger partial charge in [-0.15, -0.1) is 0 Å². The fraction of sp³-hybridized carbons (Fsp3) is 0.400. The Kier molecular flexibility index (Phi) is 5.36. The summed E-state index contributed by atoms with van der Waals surface area (Å²) in [6, 6.07) is 8.26. The molecule has 0 amide bonds. The van der Waals surface area contributed by atoms with Gasteiger partial charge in [-0.3, -0.25) is 4.68 Å². The topological polar surface area (TPSA) is 76.2 Å². The molecule has 0 spiro atoms. The molecule has 1 aliphatic rings. The summed E-state index contributed by atoms with van der Waals surface area (Å²) in [6.07, 6.45) is 8.46. The molecule has 3 heterocycles. The van der Waals surface area contributed by atoms with Crippen LogP contribution in [0.15, 0.2) is 54.3 Å². The summed E-state index contributed by atoms with van der Waals surface area (Å²) in [5.74, 6) is 1.49. The van der Waals surface area contributed by atoms with Crippen LogP contribution in [0.5, 0.6) is 0 Å². The zero-order valence-corrected chi connectivity index (χ0v) is 16.4. The van der Waals surface area contributed by atoms with E-state index in [4.69, 9.17) is 4.99 Å². The lowest BCUT2D eigenvalue weighted by atomic mass is 10.0. The second-order valence-corrected chi connectivity index (χ2v) is 7.06. The summed E-state index contributed by atoms with van der Waals surface area (Å²) in [7, 11) is 1.97. The average molecular weight is 378 g/mol. The SMILES string of the molecule is CCNC(=NCc1ccc(-n2cncn2)cc1)N1CCC(c2cnn(C)c2)C1. The van der Waals surface area contributed by atoms with Crippen molar-refractivity contribution in [1.82, 2.24) is 34.8 Å². The summed E-state index contributed by atoms with van der Waals surface area (Å²) in [5, 5.41) is 11.9.